The summed E-state index contributed by atoms with van der Waals surface area (Å²) >= 11 is 0. The molecule has 84 valence electrons. The van der Waals surface area contributed by atoms with Gasteiger partial charge in [-0.2, -0.15) is 0 Å². The molecule has 6 nitrogen and oxygen atoms in total. The average Bonchev–Trinajstić information content (AvgIpc) is 2.57. The van der Waals surface area contributed by atoms with Gasteiger partial charge in [0.15, 0.2) is 5.69 Å². The quantitative estimate of drug-likeness (QED) is 0.752. The number of nitrogens with two attached hydrogens (primary N) is 1. The van der Waals surface area contributed by atoms with Crippen molar-refractivity contribution in [1.82, 2.24) is 15.0 Å². The largest absolute Gasteiger partial charge is 0.384 e. The first-order valence-corrected chi connectivity index (χ1v) is 4.80. The van der Waals surface area contributed by atoms with E-state index in [1.165, 1.54) is 0 Å². The zero-order valence-electron chi connectivity index (χ0n) is 9.23. The highest BCUT2D eigenvalue weighted by atomic mass is 16.5. The molecular weight excluding hydrogens is 196 g/mol. The Morgan fingerprint density at radius 3 is 2.73 bits per heavy atom. The lowest BCUT2D eigenvalue weighted by atomic mass is 10.2. The molecule has 0 aromatic carbocycles. The number of methoxy groups -OCH3 is 1. The van der Waals surface area contributed by atoms with Gasteiger partial charge in [0.05, 0.1) is 12.3 Å². The molecule has 1 aromatic rings. The number of hydrogen-bond donors (Lipinski definition) is 1. The number of hydrogen-bond acceptors (Lipinski definition) is 4. The van der Waals surface area contributed by atoms with Gasteiger partial charge in [0.2, 0.25) is 0 Å². The molecule has 0 bridgehead atoms. The van der Waals surface area contributed by atoms with Crippen molar-refractivity contribution in [2.24, 2.45) is 5.73 Å². The maximum Gasteiger partial charge on any atom is 0.271 e. The van der Waals surface area contributed by atoms with Crippen molar-refractivity contribution in [3.05, 3.63) is 11.4 Å². The van der Waals surface area contributed by atoms with Gasteiger partial charge >= 0.3 is 0 Å². The van der Waals surface area contributed by atoms with Gasteiger partial charge < -0.3 is 10.5 Å². The first kappa shape index (κ1) is 11.6. The smallest absolute Gasteiger partial charge is 0.271 e. The highest BCUT2D eigenvalue weighted by Gasteiger charge is 2.18. The third-order valence-corrected chi connectivity index (χ3v) is 2.06. The molecule has 15 heavy (non-hydrogen) atoms. The summed E-state index contributed by atoms with van der Waals surface area (Å²) in [6, 6.07) is 0.150. The summed E-state index contributed by atoms with van der Waals surface area (Å²) in [6.07, 6.45) is 0.583. The van der Waals surface area contributed by atoms with Crippen molar-refractivity contribution in [1.29, 1.82) is 0 Å². The van der Waals surface area contributed by atoms with Gasteiger partial charge in [-0.1, -0.05) is 5.21 Å². The first-order valence-electron chi connectivity index (χ1n) is 4.80. The van der Waals surface area contributed by atoms with Crippen LogP contribution >= 0.6 is 0 Å². The molecule has 0 atom stereocenters. The average molecular weight is 212 g/mol. The summed E-state index contributed by atoms with van der Waals surface area (Å²) in [6.45, 7) is 4.45. The minimum Gasteiger partial charge on any atom is -0.384 e. The molecule has 0 aliphatic heterocycles. The Kier molecular flexibility index (Phi) is 3.79. The van der Waals surface area contributed by atoms with E-state index in [1.807, 2.05) is 13.8 Å². The summed E-state index contributed by atoms with van der Waals surface area (Å²) in [5.74, 6) is -0.548. The molecule has 0 unspecified atom stereocenters. The predicted molar refractivity (Wildman–Crippen MR) is 54.5 cm³/mol. The molecule has 2 N–H and O–H groups in total. The monoisotopic (exact) mass is 212 g/mol. The number of ether oxygens (including phenoxy) is 1. The van der Waals surface area contributed by atoms with E-state index in [0.29, 0.717) is 13.0 Å². The van der Waals surface area contributed by atoms with Gasteiger partial charge in [-0.25, -0.2) is 4.68 Å². The fourth-order valence-corrected chi connectivity index (χ4v) is 1.35. The molecule has 0 fully saturated rings. The topological polar surface area (TPSA) is 83.0 Å². The molecule has 1 aromatic heterocycles. The number of aromatic nitrogens is 3. The Bertz CT molecular complexity index is 346. The maximum atomic E-state index is 11.1. The Labute approximate surface area is 88.4 Å². The van der Waals surface area contributed by atoms with E-state index in [0.717, 1.165) is 5.69 Å². The van der Waals surface area contributed by atoms with E-state index in [2.05, 4.69) is 10.3 Å². The number of rotatable bonds is 5. The van der Waals surface area contributed by atoms with Crippen LogP contribution in [-0.2, 0) is 11.2 Å². The van der Waals surface area contributed by atoms with Crippen molar-refractivity contribution < 1.29 is 9.53 Å². The Balaban J connectivity index is 3.03. The second-order valence-corrected chi connectivity index (χ2v) is 3.53. The van der Waals surface area contributed by atoms with Crippen LogP contribution in [0, 0.1) is 0 Å². The maximum absolute atomic E-state index is 11.1. The zero-order valence-corrected chi connectivity index (χ0v) is 9.23. The van der Waals surface area contributed by atoms with Crippen LogP contribution in [0.15, 0.2) is 0 Å². The standard InChI is InChI=1S/C9H16N4O2/c1-6(2)13-7(4-5-15-3)8(9(10)14)11-12-13/h6H,4-5H2,1-3H3,(H2,10,14). The minimum absolute atomic E-state index is 0.150. The predicted octanol–water partition coefficient (Wildman–Crippen LogP) is 0.147. The lowest BCUT2D eigenvalue weighted by Gasteiger charge is -2.09. The van der Waals surface area contributed by atoms with E-state index < -0.39 is 5.91 Å². The minimum atomic E-state index is -0.548. The molecule has 0 spiro atoms. The van der Waals surface area contributed by atoms with Crippen LogP contribution in [0.2, 0.25) is 0 Å². The van der Waals surface area contributed by atoms with Gasteiger partial charge in [-0.15, -0.1) is 5.10 Å². The number of carbonyl (C=O) groups excluding carboxylic acids is 1. The highest BCUT2D eigenvalue weighted by Crippen LogP contribution is 2.11. The van der Waals surface area contributed by atoms with E-state index in [-0.39, 0.29) is 11.7 Å². The molecule has 0 aliphatic carbocycles. The van der Waals surface area contributed by atoms with Crippen molar-refractivity contribution in [3.8, 4) is 0 Å². The van der Waals surface area contributed by atoms with Gasteiger partial charge in [0.1, 0.15) is 0 Å². The van der Waals surface area contributed by atoms with Crippen LogP contribution in [0.25, 0.3) is 0 Å². The number of carbonyl (C=O) groups is 1. The fourth-order valence-electron chi connectivity index (χ4n) is 1.35. The van der Waals surface area contributed by atoms with E-state index in [1.54, 1.807) is 11.8 Å². The van der Waals surface area contributed by atoms with Crippen LogP contribution in [-0.4, -0.2) is 34.6 Å². The van der Waals surface area contributed by atoms with E-state index in [4.69, 9.17) is 10.5 Å². The number of amides is 1. The first-order chi connectivity index (χ1) is 7.07. The van der Waals surface area contributed by atoms with Gasteiger partial charge in [0.25, 0.3) is 5.91 Å². The van der Waals surface area contributed by atoms with Crippen molar-refractivity contribution in [2.75, 3.05) is 13.7 Å². The number of primary amides is 1. The van der Waals surface area contributed by atoms with Gasteiger partial charge in [-0.3, -0.25) is 4.79 Å². The van der Waals surface area contributed by atoms with E-state index >= 15 is 0 Å². The summed E-state index contributed by atoms with van der Waals surface area (Å²) in [4.78, 5) is 11.1. The fraction of sp³-hybridized carbons (Fsp3) is 0.667. The van der Waals surface area contributed by atoms with Gasteiger partial charge in [-0.05, 0) is 13.8 Å². The second-order valence-electron chi connectivity index (χ2n) is 3.53. The number of nitrogens with zero attached hydrogens (tertiary/aromatic N) is 3. The molecule has 0 aliphatic rings. The van der Waals surface area contributed by atoms with E-state index in [9.17, 15) is 4.79 Å². The molecule has 1 amide bonds. The lowest BCUT2D eigenvalue weighted by molar-refractivity contribution is 0.0994. The van der Waals surface area contributed by atoms with Crippen molar-refractivity contribution >= 4 is 5.91 Å². The molecule has 0 saturated heterocycles. The molecule has 0 radical (unpaired) electrons. The second kappa shape index (κ2) is 4.88. The summed E-state index contributed by atoms with van der Waals surface area (Å²) in [5.41, 5.74) is 6.18. The summed E-state index contributed by atoms with van der Waals surface area (Å²) in [5, 5.41) is 7.67. The van der Waals surface area contributed by atoms with Crippen LogP contribution in [0.1, 0.15) is 36.1 Å². The SMILES string of the molecule is COCCc1c(C(N)=O)nnn1C(C)C. The Morgan fingerprint density at radius 1 is 1.60 bits per heavy atom. The van der Waals surface area contributed by atoms with Crippen LogP contribution in [0.5, 0.6) is 0 Å². The molecular formula is C9H16N4O2. The highest BCUT2D eigenvalue weighted by molar-refractivity contribution is 5.91. The Morgan fingerprint density at radius 2 is 2.27 bits per heavy atom. The molecule has 1 rings (SSSR count). The summed E-state index contributed by atoms with van der Waals surface area (Å²) < 4.78 is 6.66. The van der Waals surface area contributed by atoms with Crippen LogP contribution in [0.3, 0.4) is 0 Å². The molecule has 0 saturated carbocycles. The Hall–Kier alpha value is -1.43. The van der Waals surface area contributed by atoms with Crippen molar-refractivity contribution in [3.63, 3.8) is 0 Å². The lowest BCUT2D eigenvalue weighted by Crippen LogP contribution is -2.17. The zero-order chi connectivity index (χ0) is 11.4. The van der Waals surface area contributed by atoms with Crippen LogP contribution < -0.4 is 5.73 Å². The third kappa shape index (κ3) is 2.53. The summed E-state index contributed by atoms with van der Waals surface area (Å²) in [7, 11) is 1.60. The van der Waals surface area contributed by atoms with Crippen LogP contribution in [0.4, 0.5) is 0 Å². The van der Waals surface area contributed by atoms with Gasteiger partial charge in [0, 0.05) is 19.6 Å². The molecule has 1 heterocycles. The molecule has 6 heteroatoms. The van der Waals surface area contributed by atoms with Crippen molar-refractivity contribution in [2.45, 2.75) is 26.3 Å². The normalized spacial score (nSPS) is 10.9. The third-order valence-electron chi connectivity index (χ3n) is 2.06.